The van der Waals surface area contributed by atoms with Crippen LogP contribution in [0.5, 0.6) is 5.75 Å². The molecule has 1 unspecified atom stereocenters. The molecule has 0 saturated heterocycles. The SMILES string of the molecule is COc1ccc(C(C)NC(=O)c2nn(Cc3ccccc3)c3c2CNCC3)cc1. The molecule has 2 heterocycles. The second-order valence-electron chi connectivity index (χ2n) is 7.31. The zero-order valence-corrected chi connectivity index (χ0v) is 16.8. The van der Waals surface area contributed by atoms with Crippen LogP contribution < -0.4 is 15.4 Å². The van der Waals surface area contributed by atoms with Crippen LogP contribution in [-0.4, -0.2) is 29.3 Å². The van der Waals surface area contributed by atoms with E-state index in [0.29, 0.717) is 18.8 Å². The summed E-state index contributed by atoms with van der Waals surface area (Å²) in [5, 5.41) is 11.2. The van der Waals surface area contributed by atoms with Gasteiger partial charge in [-0.2, -0.15) is 5.10 Å². The highest BCUT2D eigenvalue weighted by atomic mass is 16.5. The molecule has 29 heavy (non-hydrogen) atoms. The van der Waals surface area contributed by atoms with Crippen molar-refractivity contribution in [2.75, 3.05) is 13.7 Å². The first-order valence-electron chi connectivity index (χ1n) is 9.93. The summed E-state index contributed by atoms with van der Waals surface area (Å²) in [6.07, 6.45) is 0.872. The summed E-state index contributed by atoms with van der Waals surface area (Å²) in [5.74, 6) is 0.659. The Bertz CT molecular complexity index is 980. The van der Waals surface area contributed by atoms with Crippen molar-refractivity contribution in [3.63, 3.8) is 0 Å². The number of nitrogens with zero attached hydrogens (tertiary/aromatic N) is 2. The number of hydrogen-bond acceptors (Lipinski definition) is 4. The van der Waals surface area contributed by atoms with Gasteiger partial charge in [-0.3, -0.25) is 9.48 Å². The number of hydrogen-bond donors (Lipinski definition) is 2. The molecule has 1 aliphatic rings. The van der Waals surface area contributed by atoms with Gasteiger partial charge in [-0.15, -0.1) is 0 Å². The summed E-state index contributed by atoms with van der Waals surface area (Å²) in [6, 6.07) is 17.8. The molecule has 6 heteroatoms. The average molecular weight is 390 g/mol. The predicted octanol–water partition coefficient (Wildman–Crippen LogP) is 3.08. The van der Waals surface area contributed by atoms with Gasteiger partial charge in [0.25, 0.3) is 5.91 Å². The fourth-order valence-electron chi connectivity index (χ4n) is 3.73. The summed E-state index contributed by atoms with van der Waals surface area (Å²) in [6.45, 7) is 4.22. The Kier molecular flexibility index (Phi) is 5.62. The molecule has 0 fully saturated rings. The number of carbonyl (C=O) groups is 1. The number of methoxy groups -OCH3 is 1. The Labute approximate surface area is 170 Å². The van der Waals surface area contributed by atoms with Crippen molar-refractivity contribution < 1.29 is 9.53 Å². The van der Waals surface area contributed by atoms with Crippen molar-refractivity contribution in [2.45, 2.75) is 32.5 Å². The molecule has 3 aromatic rings. The molecule has 0 radical (unpaired) electrons. The first-order chi connectivity index (χ1) is 14.2. The van der Waals surface area contributed by atoms with Crippen molar-refractivity contribution in [3.8, 4) is 5.75 Å². The van der Waals surface area contributed by atoms with Crippen LogP contribution in [0.15, 0.2) is 54.6 Å². The van der Waals surface area contributed by atoms with Crippen LogP contribution in [0.1, 0.15) is 45.8 Å². The lowest BCUT2D eigenvalue weighted by Gasteiger charge is -2.17. The van der Waals surface area contributed by atoms with E-state index in [1.165, 1.54) is 5.56 Å². The summed E-state index contributed by atoms with van der Waals surface area (Å²) < 4.78 is 7.19. The summed E-state index contributed by atoms with van der Waals surface area (Å²) in [7, 11) is 1.64. The minimum absolute atomic E-state index is 0.125. The van der Waals surface area contributed by atoms with Gasteiger partial charge in [-0.05, 0) is 30.2 Å². The lowest BCUT2D eigenvalue weighted by molar-refractivity contribution is 0.0933. The van der Waals surface area contributed by atoms with Gasteiger partial charge >= 0.3 is 0 Å². The van der Waals surface area contributed by atoms with Gasteiger partial charge in [-0.1, -0.05) is 42.5 Å². The standard InChI is InChI=1S/C23H26N4O2/c1-16(18-8-10-19(29-2)11-9-18)25-23(28)22-20-14-24-13-12-21(20)27(26-22)15-17-6-4-3-5-7-17/h3-11,16,24H,12-15H2,1-2H3,(H,25,28). The van der Waals surface area contributed by atoms with Gasteiger partial charge in [0.1, 0.15) is 5.75 Å². The number of amides is 1. The highest BCUT2D eigenvalue weighted by Gasteiger charge is 2.25. The molecule has 0 saturated carbocycles. The molecule has 2 N–H and O–H groups in total. The van der Waals surface area contributed by atoms with Crippen LogP contribution in [0, 0.1) is 0 Å². The average Bonchev–Trinajstić information content (AvgIpc) is 3.13. The summed E-state index contributed by atoms with van der Waals surface area (Å²) in [5.41, 5.74) is 4.87. The molecule has 1 aliphatic heterocycles. The molecule has 0 spiro atoms. The van der Waals surface area contributed by atoms with Crippen molar-refractivity contribution >= 4 is 5.91 Å². The highest BCUT2D eigenvalue weighted by molar-refractivity contribution is 5.94. The zero-order valence-electron chi connectivity index (χ0n) is 16.8. The molecular formula is C23H26N4O2. The fraction of sp³-hybridized carbons (Fsp3) is 0.304. The smallest absolute Gasteiger partial charge is 0.272 e. The van der Waals surface area contributed by atoms with Crippen molar-refractivity contribution in [1.82, 2.24) is 20.4 Å². The summed E-state index contributed by atoms with van der Waals surface area (Å²) in [4.78, 5) is 13.0. The van der Waals surface area contributed by atoms with Gasteiger partial charge in [-0.25, -0.2) is 0 Å². The normalized spacial score (nSPS) is 14.1. The van der Waals surface area contributed by atoms with E-state index < -0.39 is 0 Å². The third-order valence-electron chi connectivity index (χ3n) is 5.36. The fourth-order valence-corrected chi connectivity index (χ4v) is 3.73. The molecule has 2 aromatic carbocycles. The Morgan fingerprint density at radius 3 is 2.69 bits per heavy atom. The second kappa shape index (κ2) is 8.49. The lowest BCUT2D eigenvalue weighted by atomic mass is 10.0. The van der Waals surface area contributed by atoms with Crippen LogP contribution in [0.25, 0.3) is 0 Å². The molecule has 1 atom stereocenters. The monoisotopic (exact) mass is 390 g/mol. The Morgan fingerprint density at radius 2 is 1.97 bits per heavy atom. The largest absolute Gasteiger partial charge is 0.497 e. The van der Waals surface area contributed by atoms with Gasteiger partial charge in [0, 0.05) is 30.8 Å². The molecule has 1 aromatic heterocycles. The van der Waals surface area contributed by atoms with E-state index >= 15 is 0 Å². The topological polar surface area (TPSA) is 68.2 Å². The van der Waals surface area contributed by atoms with Crippen LogP contribution in [-0.2, 0) is 19.5 Å². The molecular weight excluding hydrogens is 364 g/mol. The number of aromatic nitrogens is 2. The van der Waals surface area contributed by atoms with Gasteiger partial charge in [0.2, 0.25) is 0 Å². The second-order valence-corrected chi connectivity index (χ2v) is 7.31. The number of rotatable bonds is 6. The molecule has 150 valence electrons. The third-order valence-corrected chi connectivity index (χ3v) is 5.36. The maximum atomic E-state index is 13.0. The van der Waals surface area contributed by atoms with Gasteiger partial charge in [0.05, 0.1) is 19.7 Å². The van der Waals surface area contributed by atoms with E-state index in [4.69, 9.17) is 9.84 Å². The first kappa shape index (κ1) is 19.2. The number of nitrogens with one attached hydrogen (secondary N) is 2. The van der Waals surface area contributed by atoms with Crippen LogP contribution in [0.2, 0.25) is 0 Å². The molecule has 1 amide bonds. The van der Waals surface area contributed by atoms with Gasteiger partial charge < -0.3 is 15.4 Å². The minimum Gasteiger partial charge on any atom is -0.497 e. The Morgan fingerprint density at radius 1 is 1.21 bits per heavy atom. The molecule has 4 rings (SSSR count). The third kappa shape index (κ3) is 4.17. The quantitative estimate of drug-likeness (QED) is 0.679. The molecule has 6 nitrogen and oxygen atoms in total. The maximum absolute atomic E-state index is 13.0. The van der Waals surface area contributed by atoms with E-state index in [0.717, 1.165) is 35.5 Å². The zero-order chi connectivity index (χ0) is 20.2. The van der Waals surface area contributed by atoms with E-state index in [-0.39, 0.29) is 11.9 Å². The Balaban J connectivity index is 1.56. The number of fused-ring (bicyclic) bond motifs is 1. The lowest BCUT2D eigenvalue weighted by Crippen LogP contribution is -2.30. The van der Waals surface area contributed by atoms with Crippen LogP contribution in [0.3, 0.4) is 0 Å². The number of carbonyl (C=O) groups excluding carboxylic acids is 1. The number of benzene rings is 2. The minimum atomic E-state index is -0.139. The Hall–Kier alpha value is -3.12. The van der Waals surface area contributed by atoms with E-state index in [1.807, 2.05) is 54.1 Å². The molecule has 0 aliphatic carbocycles. The van der Waals surface area contributed by atoms with E-state index in [9.17, 15) is 4.79 Å². The molecule has 0 bridgehead atoms. The van der Waals surface area contributed by atoms with E-state index in [2.05, 4.69) is 22.8 Å². The van der Waals surface area contributed by atoms with E-state index in [1.54, 1.807) is 7.11 Å². The van der Waals surface area contributed by atoms with Gasteiger partial charge in [0.15, 0.2) is 5.69 Å². The highest BCUT2D eigenvalue weighted by Crippen LogP contribution is 2.22. The first-order valence-corrected chi connectivity index (χ1v) is 9.93. The van der Waals surface area contributed by atoms with Crippen LogP contribution in [0.4, 0.5) is 0 Å². The van der Waals surface area contributed by atoms with Crippen molar-refractivity contribution in [1.29, 1.82) is 0 Å². The maximum Gasteiger partial charge on any atom is 0.272 e. The van der Waals surface area contributed by atoms with Crippen molar-refractivity contribution in [2.24, 2.45) is 0 Å². The summed E-state index contributed by atoms with van der Waals surface area (Å²) >= 11 is 0. The predicted molar refractivity (Wildman–Crippen MR) is 112 cm³/mol. The number of ether oxygens (including phenoxy) is 1. The van der Waals surface area contributed by atoms with Crippen molar-refractivity contribution in [3.05, 3.63) is 82.7 Å². The van der Waals surface area contributed by atoms with Crippen LogP contribution >= 0.6 is 0 Å².